The van der Waals surface area contributed by atoms with Crippen molar-refractivity contribution in [2.75, 3.05) is 0 Å². The lowest BCUT2D eigenvalue weighted by molar-refractivity contribution is 0.0701. The van der Waals surface area contributed by atoms with Crippen LogP contribution in [0.1, 0.15) is 20.4 Å². The van der Waals surface area contributed by atoms with E-state index in [1.165, 1.54) is 0 Å². The number of carboxylic acids is 1. The number of carboxylic acid groups (broad SMARTS) is 1. The van der Waals surface area contributed by atoms with Gasteiger partial charge in [0.25, 0.3) is 0 Å². The Morgan fingerprint density at radius 3 is 2.35 bits per heavy atom. The predicted molar refractivity (Wildman–Crippen MR) is 90.0 cm³/mol. The van der Waals surface area contributed by atoms with E-state index in [1.807, 2.05) is 42.5 Å². The second-order valence-corrected chi connectivity index (χ2v) is 6.09. The van der Waals surface area contributed by atoms with Crippen LogP contribution in [0.3, 0.4) is 0 Å². The molecule has 4 nitrogen and oxygen atoms in total. The summed E-state index contributed by atoms with van der Waals surface area (Å²) in [5, 5.41) is 9.69. The summed E-state index contributed by atoms with van der Waals surface area (Å²) < 4.78 is 5.69. The fourth-order valence-corrected chi connectivity index (χ4v) is 3.05. The number of ether oxygens (including phenoxy) is 1. The van der Waals surface area contributed by atoms with E-state index in [2.05, 4.69) is 17.1 Å². The molecule has 0 unspecified atom stereocenters. The van der Waals surface area contributed by atoms with Gasteiger partial charge in [0, 0.05) is 0 Å². The quantitative estimate of drug-likeness (QED) is 0.755. The van der Waals surface area contributed by atoms with Crippen molar-refractivity contribution in [2.45, 2.75) is 13.5 Å². The summed E-state index contributed by atoms with van der Waals surface area (Å²) in [6.07, 6.45) is 0. The van der Waals surface area contributed by atoms with Gasteiger partial charge in [0.1, 0.15) is 22.2 Å². The van der Waals surface area contributed by atoms with Crippen LogP contribution in [-0.4, -0.2) is 16.1 Å². The predicted octanol–water partition coefficient (Wildman–Crippen LogP) is 4.40. The number of aryl methyl sites for hydroxylation is 1. The molecule has 23 heavy (non-hydrogen) atoms. The fraction of sp³-hybridized carbons (Fsp3) is 0.111. The van der Waals surface area contributed by atoms with Gasteiger partial charge in [0.15, 0.2) is 0 Å². The van der Waals surface area contributed by atoms with Crippen molar-refractivity contribution in [3.63, 3.8) is 0 Å². The Labute approximate surface area is 138 Å². The van der Waals surface area contributed by atoms with Crippen LogP contribution in [0.15, 0.2) is 54.6 Å². The first-order valence-electron chi connectivity index (χ1n) is 7.11. The van der Waals surface area contributed by atoms with Gasteiger partial charge in [0.2, 0.25) is 0 Å². The summed E-state index contributed by atoms with van der Waals surface area (Å²) >= 11 is 1.15. The Hall–Kier alpha value is -2.66. The molecule has 116 valence electrons. The molecule has 1 aromatic heterocycles. The van der Waals surface area contributed by atoms with Crippen LogP contribution in [0.25, 0.3) is 11.1 Å². The zero-order valence-electron chi connectivity index (χ0n) is 12.5. The molecule has 0 atom stereocenters. The highest BCUT2D eigenvalue weighted by atomic mass is 32.1. The second kappa shape index (κ2) is 6.62. The lowest BCUT2D eigenvalue weighted by atomic mass is 10.1. The number of aromatic nitrogens is 1. The van der Waals surface area contributed by atoms with Gasteiger partial charge >= 0.3 is 5.97 Å². The van der Waals surface area contributed by atoms with E-state index in [-0.39, 0.29) is 11.5 Å². The third kappa shape index (κ3) is 3.57. The Morgan fingerprint density at radius 2 is 1.74 bits per heavy atom. The summed E-state index contributed by atoms with van der Waals surface area (Å²) in [5.41, 5.74) is 2.80. The van der Waals surface area contributed by atoms with Crippen LogP contribution >= 0.6 is 11.3 Å². The van der Waals surface area contributed by atoms with Gasteiger partial charge in [-0.1, -0.05) is 42.5 Å². The summed E-state index contributed by atoms with van der Waals surface area (Å²) in [4.78, 5) is 15.5. The molecular weight excluding hydrogens is 310 g/mol. The van der Waals surface area contributed by atoms with Crippen molar-refractivity contribution in [2.24, 2.45) is 0 Å². The Kier molecular flexibility index (Phi) is 4.39. The van der Waals surface area contributed by atoms with E-state index in [1.54, 1.807) is 6.92 Å². The van der Waals surface area contributed by atoms with Gasteiger partial charge < -0.3 is 9.84 Å². The molecule has 0 saturated heterocycles. The maximum Gasteiger partial charge on any atom is 0.347 e. The molecule has 0 bridgehead atoms. The van der Waals surface area contributed by atoms with Crippen molar-refractivity contribution < 1.29 is 14.6 Å². The number of benzene rings is 2. The van der Waals surface area contributed by atoms with Crippen LogP contribution in [0, 0.1) is 6.92 Å². The van der Waals surface area contributed by atoms with E-state index < -0.39 is 5.97 Å². The zero-order valence-corrected chi connectivity index (χ0v) is 13.3. The van der Waals surface area contributed by atoms with Crippen LogP contribution < -0.4 is 4.74 Å². The van der Waals surface area contributed by atoms with E-state index in [4.69, 9.17) is 9.84 Å². The standard InChI is InChI=1S/C18H15NO3S/c1-12-17(18(20)21)23-16(19-12)11-22-15-9-7-14(8-10-15)13-5-3-2-4-6-13/h2-10H,11H2,1H3,(H,20,21). The molecule has 1 heterocycles. The van der Waals surface area contributed by atoms with Gasteiger partial charge in [0.05, 0.1) is 5.69 Å². The zero-order chi connectivity index (χ0) is 16.2. The SMILES string of the molecule is Cc1nc(COc2ccc(-c3ccccc3)cc2)sc1C(=O)O. The molecular formula is C18H15NO3S. The Balaban J connectivity index is 1.67. The number of aromatic carboxylic acids is 1. The van der Waals surface area contributed by atoms with Crippen LogP contribution in [0.2, 0.25) is 0 Å². The Morgan fingerprint density at radius 1 is 1.09 bits per heavy atom. The minimum absolute atomic E-state index is 0.267. The lowest BCUT2D eigenvalue weighted by Gasteiger charge is -2.06. The molecule has 0 radical (unpaired) electrons. The first kappa shape index (κ1) is 15.2. The fourth-order valence-electron chi connectivity index (χ4n) is 2.23. The molecule has 0 aliphatic carbocycles. The Bertz CT molecular complexity index is 810. The average molecular weight is 325 g/mol. The van der Waals surface area contributed by atoms with Crippen molar-refractivity contribution in [1.82, 2.24) is 4.98 Å². The molecule has 0 aliphatic rings. The van der Waals surface area contributed by atoms with E-state index >= 15 is 0 Å². The first-order chi connectivity index (χ1) is 11.1. The first-order valence-corrected chi connectivity index (χ1v) is 7.93. The van der Waals surface area contributed by atoms with Crippen molar-refractivity contribution in [3.8, 4) is 16.9 Å². The molecule has 1 N–H and O–H groups in total. The topological polar surface area (TPSA) is 59.4 Å². The largest absolute Gasteiger partial charge is 0.486 e. The third-order valence-corrected chi connectivity index (χ3v) is 4.48. The van der Waals surface area contributed by atoms with Crippen LogP contribution in [0.4, 0.5) is 0 Å². The third-order valence-electron chi connectivity index (χ3n) is 3.36. The molecule has 0 amide bonds. The van der Waals surface area contributed by atoms with Gasteiger partial charge in [-0.05, 0) is 30.2 Å². The van der Waals surface area contributed by atoms with Crippen molar-refractivity contribution in [3.05, 3.63) is 70.2 Å². The van der Waals surface area contributed by atoms with Crippen molar-refractivity contribution in [1.29, 1.82) is 0 Å². The normalized spacial score (nSPS) is 10.5. The number of nitrogens with zero attached hydrogens (tertiary/aromatic N) is 1. The highest BCUT2D eigenvalue weighted by Crippen LogP contribution is 2.24. The summed E-state index contributed by atoms with van der Waals surface area (Å²) in [5.74, 6) is -0.215. The van der Waals surface area contributed by atoms with Gasteiger partial charge in [-0.15, -0.1) is 11.3 Å². The van der Waals surface area contributed by atoms with Crippen LogP contribution in [0.5, 0.6) is 5.75 Å². The molecule has 0 saturated carbocycles. The molecule has 0 spiro atoms. The maximum absolute atomic E-state index is 11.0. The summed E-state index contributed by atoms with van der Waals surface area (Å²) in [6.45, 7) is 1.96. The minimum Gasteiger partial charge on any atom is -0.486 e. The van der Waals surface area contributed by atoms with E-state index in [0.717, 1.165) is 28.2 Å². The highest BCUT2D eigenvalue weighted by molar-refractivity contribution is 7.13. The summed E-state index contributed by atoms with van der Waals surface area (Å²) in [7, 11) is 0. The van der Waals surface area contributed by atoms with Gasteiger partial charge in [-0.3, -0.25) is 0 Å². The lowest BCUT2D eigenvalue weighted by Crippen LogP contribution is -1.94. The van der Waals surface area contributed by atoms with E-state index in [0.29, 0.717) is 10.7 Å². The smallest absolute Gasteiger partial charge is 0.347 e. The second-order valence-electron chi connectivity index (χ2n) is 5.01. The number of rotatable bonds is 5. The number of carbonyl (C=O) groups is 1. The minimum atomic E-state index is -0.946. The van der Waals surface area contributed by atoms with Gasteiger partial charge in [-0.25, -0.2) is 9.78 Å². The molecule has 2 aromatic carbocycles. The van der Waals surface area contributed by atoms with Gasteiger partial charge in [-0.2, -0.15) is 0 Å². The van der Waals surface area contributed by atoms with Crippen molar-refractivity contribution >= 4 is 17.3 Å². The number of thiazole rings is 1. The number of hydrogen-bond donors (Lipinski definition) is 1. The average Bonchev–Trinajstić information content (AvgIpc) is 2.95. The van der Waals surface area contributed by atoms with Crippen LogP contribution in [-0.2, 0) is 6.61 Å². The molecule has 5 heteroatoms. The highest BCUT2D eigenvalue weighted by Gasteiger charge is 2.14. The molecule has 0 aliphatic heterocycles. The molecule has 3 aromatic rings. The molecule has 0 fully saturated rings. The molecule has 3 rings (SSSR count). The monoisotopic (exact) mass is 325 g/mol. The maximum atomic E-state index is 11.0. The summed E-state index contributed by atoms with van der Waals surface area (Å²) in [6, 6.07) is 17.9. The van der Waals surface area contributed by atoms with E-state index in [9.17, 15) is 4.79 Å². The number of hydrogen-bond acceptors (Lipinski definition) is 4.